The van der Waals surface area contributed by atoms with Gasteiger partial charge in [0.2, 0.25) is 0 Å². The van der Waals surface area contributed by atoms with Crippen LogP contribution in [0.15, 0.2) is 0 Å². The molecule has 2 amide bonds. The molecular formula is C22H35NO2S. The summed E-state index contributed by atoms with van der Waals surface area (Å²) < 4.78 is 0. The SMILES string of the molecule is CCCCCCCCCCCCCCN1C(=O)c2c(C)sc(C)c2C1=O. The fourth-order valence-electron chi connectivity index (χ4n) is 3.87. The van der Waals surface area contributed by atoms with E-state index in [1.165, 1.54) is 69.1 Å². The lowest BCUT2D eigenvalue weighted by molar-refractivity contribution is 0.0651. The Labute approximate surface area is 163 Å². The summed E-state index contributed by atoms with van der Waals surface area (Å²) in [5.41, 5.74) is 1.33. The van der Waals surface area contributed by atoms with Crippen LogP contribution in [0.1, 0.15) is 114 Å². The number of fused-ring (bicyclic) bond motifs is 1. The molecular weight excluding hydrogens is 342 g/mol. The fourth-order valence-corrected chi connectivity index (χ4v) is 4.92. The molecule has 1 aliphatic heterocycles. The van der Waals surface area contributed by atoms with Crippen molar-refractivity contribution in [3.05, 3.63) is 20.9 Å². The summed E-state index contributed by atoms with van der Waals surface area (Å²) in [5.74, 6) is -0.148. The summed E-state index contributed by atoms with van der Waals surface area (Å²) in [6.45, 7) is 6.72. The van der Waals surface area contributed by atoms with Crippen LogP contribution in [0.5, 0.6) is 0 Å². The van der Waals surface area contributed by atoms with Gasteiger partial charge in [0.15, 0.2) is 0 Å². The zero-order valence-electron chi connectivity index (χ0n) is 16.9. The van der Waals surface area contributed by atoms with Crippen molar-refractivity contribution < 1.29 is 9.59 Å². The molecule has 146 valence electrons. The Morgan fingerprint density at radius 1 is 0.654 bits per heavy atom. The normalized spacial score (nSPS) is 13.7. The highest BCUT2D eigenvalue weighted by Crippen LogP contribution is 2.34. The Morgan fingerprint density at radius 2 is 1.04 bits per heavy atom. The molecule has 0 saturated heterocycles. The zero-order chi connectivity index (χ0) is 18.9. The number of thiophene rings is 1. The van der Waals surface area contributed by atoms with Gasteiger partial charge >= 0.3 is 0 Å². The van der Waals surface area contributed by atoms with Crippen molar-refractivity contribution in [2.75, 3.05) is 6.54 Å². The van der Waals surface area contributed by atoms with Gasteiger partial charge in [-0.1, -0.05) is 77.6 Å². The number of carbonyl (C=O) groups is 2. The van der Waals surface area contributed by atoms with E-state index in [0.29, 0.717) is 17.7 Å². The smallest absolute Gasteiger partial charge is 0.262 e. The largest absolute Gasteiger partial charge is 0.274 e. The molecule has 0 spiro atoms. The monoisotopic (exact) mass is 377 g/mol. The van der Waals surface area contributed by atoms with Crippen LogP contribution in [-0.4, -0.2) is 23.3 Å². The van der Waals surface area contributed by atoms with Crippen LogP contribution in [0.2, 0.25) is 0 Å². The fraction of sp³-hybridized carbons (Fsp3) is 0.727. The first-order chi connectivity index (χ1) is 12.6. The number of unbranched alkanes of at least 4 members (excludes halogenated alkanes) is 11. The third-order valence-corrected chi connectivity index (χ3v) is 6.43. The van der Waals surface area contributed by atoms with Gasteiger partial charge in [0.05, 0.1) is 11.1 Å². The van der Waals surface area contributed by atoms with Gasteiger partial charge in [0, 0.05) is 16.3 Å². The van der Waals surface area contributed by atoms with Crippen LogP contribution in [0.25, 0.3) is 0 Å². The van der Waals surface area contributed by atoms with Gasteiger partial charge in [-0.15, -0.1) is 11.3 Å². The zero-order valence-corrected chi connectivity index (χ0v) is 17.7. The van der Waals surface area contributed by atoms with E-state index in [2.05, 4.69) is 6.92 Å². The van der Waals surface area contributed by atoms with Crippen LogP contribution in [-0.2, 0) is 0 Å². The quantitative estimate of drug-likeness (QED) is 0.284. The number of hydrogen-bond acceptors (Lipinski definition) is 3. The van der Waals surface area contributed by atoms with E-state index < -0.39 is 0 Å². The second-order valence-corrected chi connectivity index (χ2v) is 9.04. The second-order valence-electron chi connectivity index (χ2n) is 7.62. The average Bonchev–Trinajstić information content (AvgIpc) is 3.05. The average molecular weight is 378 g/mol. The molecule has 0 aliphatic carbocycles. The first-order valence-corrected chi connectivity index (χ1v) is 11.4. The highest BCUT2D eigenvalue weighted by Gasteiger charge is 2.39. The molecule has 0 N–H and O–H groups in total. The number of nitrogens with zero attached hydrogens (tertiary/aromatic N) is 1. The maximum absolute atomic E-state index is 12.5. The van der Waals surface area contributed by atoms with Gasteiger partial charge in [-0.25, -0.2) is 0 Å². The molecule has 2 rings (SSSR count). The predicted molar refractivity (Wildman–Crippen MR) is 110 cm³/mol. The Kier molecular flexibility index (Phi) is 8.83. The molecule has 0 saturated carbocycles. The Balaban J connectivity index is 1.54. The third-order valence-electron chi connectivity index (χ3n) is 5.41. The first-order valence-electron chi connectivity index (χ1n) is 10.5. The van der Waals surface area contributed by atoms with Crippen molar-refractivity contribution in [3.63, 3.8) is 0 Å². The predicted octanol–water partition coefficient (Wildman–Crippen LogP) is 6.66. The standard InChI is InChI=1S/C22H35NO2S/c1-4-5-6-7-8-9-10-11-12-13-14-15-16-23-21(24)19-17(2)26-18(3)20(19)22(23)25/h4-16H2,1-3H3. The van der Waals surface area contributed by atoms with E-state index in [-0.39, 0.29) is 11.8 Å². The number of rotatable bonds is 13. The van der Waals surface area contributed by atoms with Gasteiger partial charge in [0.25, 0.3) is 11.8 Å². The van der Waals surface area contributed by atoms with Crippen molar-refractivity contribution in [2.24, 2.45) is 0 Å². The van der Waals surface area contributed by atoms with E-state index in [1.807, 2.05) is 13.8 Å². The molecule has 0 aromatic carbocycles. The summed E-state index contributed by atoms with van der Waals surface area (Å²) >= 11 is 1.56. The Hall–Kier alpha value is -1.16. The molecule has 4 heteroatoms. The lowest BCUT2D eigenvalue weighted by Gasteiger charge is -2.14. The van der Waals surface area contributed by atoms with Gasteiger partial charge in [-0.05, 0) is 20.3 Å². The minimum atomic E-state index is -0.0741. The topological polar surface area (TPSA) is 37.4 Å². The molecule has 26 heavy (non-hydrogen) atoms. The van der Waals surface area contributed by atoms with E-state index in [4.69, 9.17) is 0 Å². The van der Waals surface area contributed by atoms with E-state index in [1.54, 1.807) is 11.3 Å². The summed E-state index contributed by atoms with van der Waals surface area (Å²) in [4.78, 5) is 28.4. The van der Waals surface area contributed by atoms with E-state index in [9.17, 15) is 9.59 Å². The maximum atomic E-state index is 12.5. The molecule has 0 unspecified atom stereocenters. The van der Waals surface area contributed by atoms with Gasteiger partial charge < -0.3 is 0 Å². The number of hydrogen-bond donors (Lipinski definition) is 0. The van der Waals surface area contributed by atoms with Crippen LogP contribution in [0.3, 0.4) is 0 Å². The summed E-state index contributed by atoms with van der Waals surface area (Å²) in [7, 11) is 0. The van der Waals surface area contributed by atoms with Gasteiger partial charge in [-0.3, -0.25) is 14.5 Å². The molecule has 1 aliphatic rings. The van der Waals surface area contributed by atoms with Gasteiger partial charge in [0.1, 0.15) is 0 Å². The van der Waals surface area contributed by atoms with Crippen LogP contribution in [0.4, 0.5) is 0 Å². The summed E-state index contributed by atoms with van der Waals surface area (Å²) in [5, 5.41) is 0. The van der Waals surface area contributed by atoms with Crippen molar-refractivity contribution in [1.82, 2.24) is 4.90 Å². The molecule has 3 nitrogen and oxygen atoms in total. The van der Waals surface area contributed by atoms with Crippen LogP contribution < -0.4 is 0 Å². The van der Waals surface area contributed by atoms with Crippen molar-refractivity contribution >= 4 is 23.2 Å². The number of carbonyl (C=O) groups excluding carboxylic acids is 2. The highest BCUT2D eigenvalue weighted by atomic mass is 32.1. The molecule has 0 bridgehead atoms. The van der Waals surface area contributed by atoms with Crippen LogP contribution in [0, 0.1) is 13.8 Å². The number of aryl methyl sites for hydroxylation is 2. The first kappa shape index (κ1) is 21.1. The minimum Gasteiger partial charge on any atom is -0.274 e. The molecule has 0 fully saturated rings. The van der Waals surface area contributed by atoms with Crippen molar-refractivity contribution in [1.29, 1.82) is 0 Å². The summed E-state index contributed by atoms with van der Waals surface area (Å²) in [6, 6.07) is 0. The Bertz CT molecular complexity index is 569. The van der Waals surface area contributed by atoms with Crippen molar-refractivity contribution in [2.45, 2.75) is 97.8 Å². The molecule has 0 radical (unpaired) electrons. The number of amides is 2. The summed E-state index contributed by atoms with van der Waals surface area (Å²) in [6.07, 6.45) is 15.5. The molecule has 2 heterocycles. The minimum absolute atomic E-state index is 0.0741. The lowest BCUT2D eigenvalue weighted by Crippen LogP contribution is -2.31. The lowest BCUT2D eigenvalue weighted by atomic mass is 10.1. The third kappa shape index (κ3) is 5.42. The number of imide groups is 1. The van der Waals surface area contributed by atoms with E-state index >= 15 is 0 Å². The van der Waals surface area contributed by atoms with E-state index in [0.717, 1.165) is 22.6 Å². The second kappa shape index (κ2) is 10.9. The van der Waals surface area contributed by atoms with Gasteiger partial charge in [-0.2, -0.15) is 0 Å². The maximum Gasteiger partial charge on any atom is 0.262 e. The van der Waals surface area contributed by atoms with Crippen molar-refractivity contribution in [3.8, 4) is 0 Å². The molecule has 1 aromatic rings. The highest BCUT2D eigenvalue weighted by molar-refractivity contribution is 7.12. The van der Waals surface area contributed by atoms with Crippen LogP contribution >= 0.6 is 11.3 Å². The Morgan fingerprint density at radius 3 is 1.46 bits per heavy atom. The molecule has 0 atom stereocenters. The molecule has 1 aromatic heterocycles.